The Morgan fingerprint density at radius 3 is 2.78 bits per heavy atom. The summed E-state index contributed by atoms with van der Waals surface area (Å²) in [6.07, 6.45) is 0.0173. The number of alkyl halides is 2. The smallest absolute Gasteiger partial charge is 0.323 e. The average Bonchev–Trinajstić information content (AvgIpc) is 2.71. The maximum atomic E-state index is 12.3. The third kappa shape index (κ3) is 3.62. The van der Waals surface area contributed by atoms with E-state index in [-0.39, 0.29) is 12.6 Å². The molecule has 6 heteroatoms. The van der Waals surface area contributed by atoms with Crippen LogP contribution in [0.2, 0.25) is 0 Å². The van der Waals surface area contributed by atoms with E-state index in [1.807, 2.05) is 6.92 Å². The lowest BCUT2D eigenvalue weighted by atomic mass is 9.97. The van der Waals surface area contributed by atoms with E-state index in [0.29, 0.717) is 25.8 Å². The Labute approximate surface area is 106 Å². The highest BCUT2D eigenvalue weighted by molar-refractivity contribution is 5.79. The Kier molecular flexibility index (Phi) is 5.47. The topological polar surface area (TPSA) is 52.6 Å². The Morgan fingerprint density at radius 1 is 1.61 bits per heavy atom. The first-order chi connectivity index (χ1) is 8.41. The molecule has 1 aliphatic carbocycles. The molecule has 4 nitrogen and oxygen atoms in total. The molecule has 0 saturated heterocycles. The van der Waals surface area contributed by atoms with Gasteiger partial charge in [0, 0.05) is 6.04 Å². The number of carboxylic acid groups (broad SMARTS) is 1. The molecular formula is C12H22F2N2O2. The highest BCUT2D eigenvalue weighted by Crippen LogP contribution is 2.33. The second kappa shape index (κ2) is 6.43. The summed E-state index contributed by atoms with van der Waals surface area (Å²) in [6.45, 7) is 2.31. The Hall–Kier alpha value is -0.750. The summed E-state index contributed by atoms with van der Waals surface area (Å²) in [5, 5.41) is 12.4. The first-order valence-electron chi connectivity index (χ1n) is 6.38. The molecule has 2 unspecified atom stereocenters. The van der Waals surface area contributed by atoms with Gasteiger partial charge in [-0.2, -0.15) is 0 Å². The lowest BCUT2D eigenvalue weighted by Gasteiger charge is -2.28. The van der Waals surface area contributed by atoms with Gasteiger partial charge < -0.3 is 10.4 Å². The van der Waals surface area contributed by atoms with Crippen molar-refractivity contribution in [1.29, 1.82) is 0 Å². The zero-order valence-corrected chi connectivity index (χ0v) is 11.0. The Balaban J connectivity index is 2.62. The van der Waals surface area contributed by atoms with E-state index in [0.717, 1.165) is 6.42 Å². The molecule has 0 aromatic carbocycles. The molecule has 0 spiro atoms. The van der Waals surface area contributed by atoms with E-state index < -0.39 is 17.9 Å². The van der Waals surface area contributed by atoms with Gasteiger partial charge in [0.2, 0.25) is 0 Å². The SMILES string of the molecule is CCCNC1(C(=O)O)CCC(N(C)CC(F)F)C1. The minimum Gasteiger partial charge on any atom is -0.480 e. The second-order valence-corrected chi connectivity index (χ2v) is 5.04. The van der Waals surface area contributed by atoms with E-state index in [2.05, 4.69) is 5.32 Å². The molecule has 0 aromatic rings. The van der Waals surface area contributed by atoms with Crippen molar-refractivity contribution in [2.45, 2.75) is 50.6 Å². The van der Waals surface area contributed by atoms with Crippen molar-refractivity contribution in [2.75, 3.05) is 20.1 Å². The quantitative estimate of drug-likeness (QED) is 0.732. The van der Waals surface area contributed by atoms with Crippen LogP contribution in [0.5, 0.6) is 0 Å². The summed E-state index contributed by atoms with van der Waals surface area (Å²) < 4.78 is 24.6. The van der Waals surface area contributed by atoms with Crippen LogP contribution in [0.3, 0.4) is 0 Å². The molecule has 2 N–H and O–H groups in total. The highest BCUT2D eigenvalue weighted by Gasteiger charge is 2.46. The van der Waals surface area contributed by atoms with Crippen LogP contribution in [-0.4, -0.2) is 54.1 Å². The maximum absolute atomic E-state index is 12.3. The third-order valence-electron chi connectivity index (χ3n) is 3.66. The molecule has 1 rings (SSSR count). The second-order valence-electron chi connectivity index (χ2n) is 5.04. The van der Waals surface area contributed by atoms with Gasteiger partial charge in [0.25, 0.3) is 6.43 Å². The van der Waals surface area contributed by atoms with Gasteiger partial charge >= 0.3 is 5.97 Å². The van der Waals surface area contributed by atoms with Crippen LogP contribution >= 0.6 is 0 Å². The monoisotopic (exact) mass is 264 g/mol. The van der Waals surface area contributed by atoms with Crippen molar-refractivity contribution in [3.8, 4) is 0 Å². The number of hydrogen-bond donors (Lipinski definition) is 2. The normalized spacial score (nSPS) is 28.2. The fourth-order valence-corrected chi connectivity index (χ4v) is 2.56. The minimum atomic E-state index is -2.38. The summed E-state index contributed by atoms with van der Waals surface area (Å²) in [5.74, 6) is -0.871. The van der Waals surface area contributed by atoms with Gasteiger partial charge in [0.1, 0.15) is 5.54 Å². The predicted octanol–water partition coefficient (Wildman–Crippen LogP) is 1.56. The van der Waals surface area contributed by atoms with Crippen LogP contribution in [0.25, 0.3) is 0 Å². The van der Waals surface area contributed by atoms with Gasteiger partial charge in [-0.25, -0.2) is 8.78 Å². The summed E-state index contributed by atoms with van der Waals surface area (Å²) in [7, 11) is 1.63. The standard InChI is InChI=1S/C12H22F2N2O2/c1-3-6-15-12(11(17)18)5-4-9(7-12)16(2)8-10(13)14/h9-10,15H,3-8H2,1-2H3,(H,17,18). The number of hydrogen-bond acceptors (Lipinski definition) is 3. The molecule has 1 aliphatic rings. The Morgan fingerprint density at radius 2 is 2.28 bits per heavy atom. The van der Waals surface area contributed by atoms with E-state index >= 15 is 0 Å². The fraction of sp³-hybridized carbons (Fsp3) is 0.917. The molecule has 0 aromatic heterocycles. The van der Waals surface area contributed by atoms with Crippen molar-refractivity contribution in [1.82, 2.24) is 10.2 Å². The molecule has 0 amide bonds. The molecule has 0 heterocycles. The predicted molar refractivity (Wildman–Crippen MR) is 64.9 cm³/mol. The van der Waals surface area contributed by atoms with Crippen LogP contribution < -0.4 is 5.32 Å². The lowest BCUT2D eigenvalue weighted by molar-refractivity contribution is -0.144. The van der Waals surface area contributed by atoms with Crippen LogP contribution in [-0.2, 0) is 4.79 Å². The summed E-state index contributed by atoms with van der Waals surface area (Å²) in [4.78, 5) is 13.0. The molecular weight excluding hydrogens is 242 g/mol. The molecule has 106 valence electrons. The van der Waals surface area contributed by atoms with E-state index in [4.69, 9.17) is 0 Å². The van der Waals surface area contributed by atoms with Gasteiger partial charge in [-0.05, 0) is 39.3 Å². The van der Waals surface area contributed by atoms with Gasteiger partial charge in [-0.15, -0.1) is 0 Å². The van der Waals surface area contributed by atoms with E-state index in [9.17, 15) is 18.7 Å². The van der Waals surface area contributed by atoms with Crippen LogP contribution in [0, 0.1) is 0 Å². The lowest BCUT2D eigenvalue weighted by Crippen LogP contribution is -2.51. The zero-order chi connectivity index (χ0) is 13.8. The van der Waals surface area contributed by atoms with Gasteiger partial charge in [0.05, 0.1) is 6.54 Å². The number of nitrogens with one attached hydrogen (secondary N) is 1. The summed E-state index contributed by atoms with van der Waals surface area (Å²) in [5.41, 5.74) is -0.933. The van der Waals surface area contributed by atoms with Crippen molar-refractivity contribution >= 4 is 5.97 Å². The number of carboxylic acids is 1. The third-order valence-corrected chi connectivity index (χ3v) is 3.66. The molecule has 1 saturated carbocycles. The molecule has 18 heavy (non-hydrogen) atoms. The van der Waals surface area contributed by atoms with Gasteiger partial charge in [-0.3, -0.25) is 9.69 Å². The van der Waals surface area contributed by atoms with Crippen LogP contribution in [0.15, 0.2) is 0 Å². The van der Waals surface area contributed by atoms with Crippen molar-refractivity contribution in [2.24, 2.45) is 0 Å². The molecule has 0 aliphatic heterocycles. The highest BCUT2D eigenvalue weighted by atomic mass is 19.3. The largest absolute Gasteiger partial charge is 0.480 e. The van der Waals surface area contributed by atoms with Gasteiger partial charge in [0.15, 0.2) is 0 Å². The summed E-state index contributed by atoms with van der Waals surface area (Å²) in [6, 6.07) is -0.0838. The minimum absolute atomic E-state index is 0.0838. The number of nitrogens with zero attached hydrogens (tertiary/aromatic N) is 1. The number of rotatable bonds is 7. The fourth-order valence-electron chi connectivity index (χ4n) is 2.56. The maximum Gasteiger partial charge on any atom is 0.323 e. The number of carbonyl (C=O) groups is 1. The molecule has 0 radical (unpaired) electrons. The van der Waals surface area contributed by atoms with Gasteiger partial charge in [-0.1, -0.05) is 6.92 Å². The average molecular weight is 264 g/mol. The van der Waals surface area contributed by atoms with E-state index in [1.165, 1.54) is 0 Å². The molecule has 0 bridgehead atoms. The van der Waals surface area contributed by atoms with Crippen molar-refractivity contribution in [3.05, 3.63) is 0 Å². The first kappa shape index (κ1) is 15.3. The molecule has 2 atom stereocenters. The number of aliphatic carboxylic acids is 1. The first-order valence-corrected chi connectivity index (χ1v) is 6.38. The Bertz CT molecular complexity index is 289. The summed E-state index contributed by atoms with van der Waals surface area (Å²) >= 11 is 0. The molecule has 1 fully saturated rings. The number of halogens is 2. The van der Waals surface area contributed by atoms with E-state index in [1.54, 1.807) is 11.9 Å². The van der Waals surface area contributed by atoms with Crippen LogP contribution in [0.1, 0.15) is 32.6 Å². The van der Waals surface area contributed by atoms with Crippen LogP contribution in [0.4, 0.5) is 8.78 Å². The van der Waals surface area contributed by atoms with Crippen molar-refractivity contribution < 1.29 is 18.7 Å². The van der Waals surface area contributed by atoms with Crippen molar-refractivity contribution in [3.63, 3.8) is 0 Å². The zero-order valence-electron chi connectivity index (χ0n) is 11.0.